The van der Waals surface area contributed by atoms with Crippen LogP contribution in [-0.2, 0) is 6.54 Å². The fourth-order valence-corrected chi connectivity index (χ4v) is 1.96. The summed E-state index contributed by atoms with van der Waals surface area (Å²) in [5.41, 5.74) is 0.540. The zero-order chi connectivity index (χ0) is 16.1. The first-order valence-corrected chi connectivity index (χ1v) is 6.52. The quantitative estimate of drug-likeness (QED) is 0.675. The average molecular weight is 306 g/mol. The van der Waals surface area contributed by atoms with Gasteiger partial charge >= 0.3 is 7.12 Å². The van der Waals surface area contributed by atoms with Crippen molar-refractivity contribution in [3.63, 3.8) is 0 Å². The van der Waals surface area contributed by atoms with Gasteiger partial charge in [0, 0.05) is 29.8 Å². The minimum absolute atomic E-state index is 0.0662. The van der Waals surface area contributed by atoms with Crippen molar-refractivity contribution in [2.45, 2.75) is 6.54 Å². The van der Waals surface area contributed by atoms with Gasteiger partial charge in [0.05, 0.1) is 14.2 Å². The molecule has 22 heavy (non-hydrogen) atoms. The van der Waals surface area contributed by atoms with Crippen LogP contribution in [0.25, 0.3) is 0 Å². The van der Waals surface area contributed by atoms with E-state index in [1.165, 1.54) is 19.4 Å². The Labute approximate surface area is 127 Å². The van der Waals surface area contributed by atoms with Gasteiger partial charge < -0.3 is 24.8 Å². The van der Waals surface area contributed by atoms with E-state index in [0.717, 1.165) is 5.56 Å². The molecule has 0 spiro atoms. The van der Waals surface area contributed by atoms with Gasteiger partial charge in [0.25, 0.3) is 0 Å². The number of halogens is 1. The first-order valence-electron chi connectivity index (χ1n) is 6.52. The molecule has 0 radical (unpaired) electrons. The van der Waals surface area contributed by atoms with E-state index in [0.29, 0.717) is 11.5 Å². The first-order chi connectivity index (χ1) is 10.6. The van der Waals surface area contributed by atoms with Crippen LogP contribution < -0.4 is 20.3 Å². The standard InChI is InChI=1S/C14H16BFN2O4/c1-21-10-4-3-9(12(7-10)22-2)8-18-14-13(16)11(15(19)20)5-6-17-14/h3-7,19-20H,8H2,1-2H3,(H,17,18). The average Bonchev–Trinajstić information content (AvgIpc) is 2.53. The maximum Gasteiger partial charge on any atom is 0.491 e. The Kier molecular flexibility index (Phi) is 5.19. The minimum Gasteiger partial charge on any atom is -0.497 e. The molecule has 0 aliphatic rings. The van der Waals surface area contributed by atoms with E-state index in [-0.39, 0.29) is 17.8 Å². The van der Waals surface area contributed by atoms with Crippen molar-refractivity contribution >= 4 is 18.4 Å². The van der Waals surface area contributed by atoms with Gasteiger partial charge in [0.1, 0.15) is 11.5 Å². The smallest absolute Gasteiger partial charge is 0.491 e. The lowest BCUT2D eigenvalue weighted by molar-refractivity contribution is 0.391. The van der Waals surface area contributed by atoms with Crippen LogP contribution in [0.3, 0.4) is 0 Å². The number of hydrogen-bond acceptors (Lipinski definition) is 6. The van der Waals surface area contributed by atoms with Gasteiger partial charge in [-0.15, -0.1) is 0 Å². The minimum atomic E-state index is -1.89. The maximum atomic E-state index is 14.0. The molecule has 8 heteroatoms. The van der Waals surface area contributed by atoms with Gasteiger partial charge in [-0.2, -0.15) is 0 Å². The maximum absolute atomic E-state index is 14.0. The third-order valence-electron chi connectivity index (χ3n) is 3.14. The third-order valence-corrected chi connectivity index (χ3v) is 3.14. The summed E-state index contributed by atoms with van der Waals surface area (Å²) >= 11 is 0. The molecule has 2 rings (SSSR count). The second kappa shape index (κ2) is 7.10. The summed E-state index contributed by atoms with van der Waals surface area (Å²) in [6.45, 7) is 0.252. The molecule has 0 atom stereocenters. The molecule has 3 N–H and O–H groups in total. The number of pyridine rings is 1. The molecule has 0 aliphatic heterocycles. The first kappa shape index (κ1) is 16.1. The number of nitrogens with one attached hydrogen (secondary N) is 1. The van der Waals surface area contributed by atoms with Crippen molar-refractivity contribution in [1.82, 2.24) is 4.98 Å². The molecule has 6 nitrogen and oxygen atoms in total. The number of hydrogen-bond donors (Lipinski definition) is 3. The number of ether oxygens (including phenoxy) is 2. The summed E-state index contributed by atoms with van der Waals surface area (Å²) in [5, 5.41) is 21.0. The Morgan fingerprint density at radius 1 is 1.23 bits per heavy atom. The topological polar surface area (TPSA) is 83.8 Å². The highest BCUT2D eigenvalue weighted by molar-refractivity contribution is 6.58. The second-order valence-electron chi connectivity index (χ2n) is 4.47. The largest absolute Gasteiger partial charge is 0.497 e. The SMILES string of the molecule is COc1ccc(CNc2nccc(B(O)O)c2F)c(OC)c1. The number of anilines is 1. The van der Waals surface area contributed by atoms with Crippen molar-refractivity contribution in [3.05, 3.63) is 41.8 Å². The number of methoxy groups -OCH3 is 2. The molecule has 1 aromatic heterocycles. The van der Waals surface area contributed by atoms with Gasteiger partial charge in [-0.05, 0) is 18.2 Å². The van der Waals surface area contributed by atoms with Crippen LogP contribution in [0, 0.1) is 5.82 Å². The molecule has 1 heterocycles. The number of aromatic nitrogens is 1. The van der Waals surface area contributed by atoms with Crippen LogP contribution in [0.4, 0.5) is 10.2 Å². The molecule has 0 saturated heterocycles. The predicted molar refractivity (Wildman–Crippen MR) is 80.9 cm³/mol. The van der Waals surface area contributed by atoms with Crippen LogP contribution in [0.1, 0.15) is 5.56 Å². The van der Waals surface area contributed by atoms with E-state index < -0.39 is 12.9 Å². The zero-order valence-electron chi connectivity index (χ0n) is 12.2. The van der Waals surface area contributed by atoms with Crippen molar-refractivity contribution in [1.29, 1.82) is 0 Å². The van der Waals surface area contributed by atoms with E-state index in [1.807, 2.05) is 0 Å². The van der Waals surface area contributed by atoms with Gasteiger partial charge in [-0.1, -0.05) is 0 Å². The monoisotopic (exact) mass is 306 g/mol. The molecular weight excluding hydrogens is 290 g/mol. The molecule has 0 bridgehead atoms. The highest BCUT2D eigenvalue weighted by atomic mass is 19.1. The summed E-state index contributed by atoms with van der Waals surface area (Å²) in [5.74, 6) is 0.370. The molecule has 0 amide bonds. The van der Waals surface area contributed by atoms with Crippen molar-refractivity contribution < 1.29 is 23.9 Å². The van der Waals surface area contributed by atoms with E-state index in [2.05, 4.69) is 10.3 Å². The Bertz CT molecular complexity index is 655. The summed E-state index contributed by atoms with van der Waals surface area (Å²) < 4.78 is 24.4. The van der Waals surface area contributed by atoms with Gasteiger partial charge in [-0.25, -0.2) is 9.37 Å². The fourth-order valence-electron chi connectivity index (χ4n) is 1.96. The van der Waals surface area contributed by atoms with Gasteiger partial charge in [-0.3, -0.25) is 0 Å². The van der Waals surface area contributed by atoms with Crippen molar-refractivity contribution in [3.8, 4) is 11.5 Å². The van der Waals surface area contributed by atoms with Crippen LogP contribution in [-0.4, -0.2) is 36.4 Å². The van der Waals surface area contributed by atoms with Gasteiger partial charge in [0.15, 0.2) is 11.6 Å². The van der Waals surface area contributed by atoms with Crippen LogP contribution in [0.5, 0.6) is 11.5 Å². The van der Waals surface area contributed by atoms with E-state index in [4.69, 9.17) is 19.5 Å². The van der Waals surface area contributed by atoms with Crippen molar-refractivity contribution in [2.24, 2.45) is 0 Å². The Morgan fingerprint density at radius 2 is 2.00 bits per heavy atom. The summed E-state index contributed by atoms with van der Waals surface area (Å²) in [6.07, 6.45) is 1.30. The Morgan fingerprint density at radius 3 is 2.64 bits per heavy atom. The highest BCUT2D eigenvalue weighted by Gasteiger charge is 2.19. The van der Waals surface area contributed by atoms with E-state index >= 15 is 0 Å². The molecule has 116 valence electrons. The summed E-state index contributed by atoms with van der Waals surface area (Å²) in [4.78, 5) is 3.85. The molecular formula is C14H16BFN2O4. The third kappa shape index (κ3) is 3.47. The zero-order valence-corrected chi connectivity index (χ0v) is 12.2. The van der Waals surface area contributed by atoms with E-state index in [1.54, 1.807) is 25.3 Å². The predicted octanol–water partition coefficient (Wildman–Crippen LogP) is 0.530. The molecule has 0 unspecified atom stereocenters. The number of benzene rings is 1. The Hall–Kier alpha value is -2.32. The lowest BCUT2D eigenvalue weighted by atomic mass is 9.80. The second-order valence-corrected chi connectivity index (χ2v) is 4.47. The summed E-state index contributed by atoms with van der Waals surface area (Å²) in [7, 11) is 1.19. The lowest BCUT2D eigenvalue weighted by Crippen LogP contribution is -2.33. The van der Waals surface area contributed by atoms with Crippen LogP contribution in [0.2, 0.25) is 0 Å². The van der Waals surface area contributed by atoms with Gasteiger partial charge in [0.2, 0.25) is 0 Å². The Balaban J connectivity index is 2.18. The van der Waals surface area contributed by atoms with Crippen LogP contribution >= 0.6 is 0 Å². The van der Waals surface area contributed by atoms with E-state index in [9.17, 15) is 4.39 Å². The fraction of sp³-hybridized carbons (Fsp3) is 0.214. The number of rotatable bonds is 6. The molecule has 0 aliphatic carbocycles. The molecule has 0 fully saturated rings. The normalized spacial score (nSPS) is 10.2. The van der Waals surface area contributed by atoms with Crippen LogP contribution in [0.15, 0.2) is 30.5 Å². The summed E-state index contributed by atoms with van der Waals surface area (Å²) in [6, 6.07) is 6.47. The lowest BCUT2D eigenvalue weighted by Gasteiger charge is -2.13. The van der Waals surface area contributed by atoms with Crippen molar-refractivity contribution in [2.75, 3.05) is 19.5 Å². The number of nitrogens with zero attached hydrogens (tertiary/aromatic N) is 1. The molecule has 1 aromatic carbocycles. The highest BCUT2D eigenvalue weighted by Crippen LogP contribution is 2.25. The molecule has 2 aromatic rings. The molecule has 0 saturated carbocycles.